The Bertz CT molecular complexity index is 968. The van der Waals surface area contributed by atoms with Crippen LogP contribution in [0.3, 0.4) is 0 Å². The third-order valence-electron chi connectivity index (χ3n) is 4.93. The summed E-state index contributed by atoms with van der Waals surface area (Å²) in [7, 11) is 4.57. The molecule has 0 radical (unpaired) electrons. The number of methoxy groups -OCH3 is 3. The van der Waals surface area contributed by atoms with Gasteiger partial charge in [-0.05, 0) is 37.1 Å². The highest BCUT2D eigenvalue weighted by molar-refractivity contribution is 6.00. The van der Waals surface area contributed by atoms with Crippen LogP contribution < -0.4 is 19.1 Å². The number of carbonyl (C=O) groups is 2. The molecule has 2 aromatic carbocycles. The monoisotopic (exact) mass is 411 g/mol. The zero-order chi connectivity index (χ0) is 21.7. The SMILES string of the molecule is COc1cc(OC)c(OC)cc1/C=C/C(=O)OC(C)C(=O)N1CCc2ccccc21. The van der Waals surface area contributed by atoms with E-state index in [9.17, 15) is 9.59 Å². The molecule has 0 aromatic heterocycles. The summed E-state index contributed by atoms with van der Waals surface area (Å²) in [6.45, 7) is 2.16. The fraction of sp³-hybridized carbons (Fsp3) is 0.304. The molecule has 1 aliphatic rings. The average Bonchev–Trinajstić information content (AvgIpc) is 3.20. The number of amides is 1. The van der Waals surface area contributed by atoms with Crippen LogP contribution in [0.5, 0.6) is 17.2 Å². The fourth-order valence-electron chi connectivity index (χ4n) is 3.39. The summed E-state index contributed by atoms with van der Waals surface area (Å²) in [6, 6.07) is 11.1. The number of esters is 1. The minimum atomic E-state index is -0.902. The second-order valence-electron chi connectivity index (χ2n) is 6.73. The van der Waals surface area contributed by atoms with Crippen LogP contribution in [-0.2, 0) is 20.7 Å². The number of benzene rings is 2. The van der Waals surface area contributed by atoms with Crippen molar-refractivity contribution in [1.29, 1.82) is 0 Å². The first-order valence-corrected chi connectivity index (χ1v) is 9.56. The molecule has 1 unspecified atom stereocenters. The molecule has 0 N–H and O–H groups in total. The second kappa shape index (κ2) is 9.35. The summed E-state index contributed by atoms with van der Waals surface area (Å²) in [5.41, 5.74) is 2.60. The van der Waals surface area contributed by atoms with Crippen molar-refractivity contribution < 1.29 is 28.5 Å². The summed E-state index contributed by atoms with van der Waals surface area (Å²) >= 11 is 0. The Morgan fingerprint density at radius 2 is 1.67 bits per heavy atom. The molecule has 1 aliphatic heterocycles. The summed E-state index contributed by atoms with van der Waals surface area (Å²) in [6.07, 6.45) is 2.69. The van der Waals surface area contributed by atoms with Gasteiger partial charge in [-0.15, -0.1) is 0 Å². The predicted octanol–water partition coefficient (Wildman–Crippen LogP) is 3.25. The number of hydrogen-bond acceptors (Lipinski definition) is 6. The molecular weight excluding hydrogens is 386 g/mol. The quantitative estimate of drug-likeness (QED) is 0.514. The van der Waals surface area contributed by atoms with Gasteiger partial charge >= 0.3 is 5.97 Å². The third kappa shape index (κ3) is 4.40. The predicted molar refractivity (Wildman–Crippen MR) is 113 cm³/mol. The fourth-order valence-corrected chi connectivity index (χ4v) is 3.39. The molecule has 0 aliphatic carbocycles. The minimum Gasteiger partial charge on any atom is -0.496 e. The molecule has 0 fully saturated rings. The molecule has 0 spiro atoms. The number of nitrogens with zero attached hydrogens (tertiary/aromatic N) is 1. The van der Waals surface area contributed by atoms with E-state index in [0.29, 0.717) is 29.4 Å². The summed E-state index contributed by atoms with van der Waals surface area (Å²) < 4.78 is 21.2. The Morgan fingerprint density at radius 1 is 1.00 bits per heavy atom. The zero-order valence-corrected chi connectivity index (χ0v) is 17.5. The van der Waals surface area contributed by atoms with Crippen LogP contribution in [0.15, 0.2) is 42.5 Å². The van der Waals surface area contributed by atoms with E-state index in [1.807, 2.05) is 24.3 Å². The van der Waals surface area contributed by atoms with Gasteiger partial charge in [-0.25, -0.2) is 4.79 Å². The number of fused-ring (bicyclic) bond motifs is 1. The van der Waals surface area contributed by atoms with Gasteiger partial charge in [-0.1, -0.05) is 18.2 Å². The third-order valence-corrected chi connectivity index (χ3v) is 4.93. The Hall–Kier alpha value is -3.48. The van der Waals surface area contributed by atoms with Crippen LogP contribution in [-0.4, -0.2) is 45.9 Å². The Kier molecular flexibility index (Phi) is 6.61. The van der Waals surface area contributed by atoms with Crippen molar-refractivity contribution in [3.05, 3.63) is 53.6 Å². The first-order valence-electron chi connectivity index (χ1n) is 9.56. The van der Waals surface area contributed by atoms with Crippen molar-refractivity contribution in [3.63, 3.8) is 0 Å². The molecule has 7 nitrogen and oxygen atoms in total. The van der Waals surface area contributed by atoms with Gasteiger partial charge in [-0.3, -0.25) is 4.79 Å². The number of para-hydroxylation sites is 1. The molecule has 7 heteroatoms. The maximum Gasteiger partial charge on any atom is 0.331 e. The van der Waals surface area contributed by atoms with E-state index in [1.54, 1.807) is 30.0 Å². The van der Waals surface area contributed by atoms with E-state index in [2.05, 4.69) is 0 Å². The molecule has 3 rings (SSSR count). The lowest BCUT2D eigenvalue weighted by molar-refractivity contribution is -0.149. The van der Waals surface area contributed by atoms with Gasteiger partial charge in [0.2, 0.25) is 0 Å². The Morgan fingerprint density at radius 3 is 2.37 bits per heavy atom. The molecule has 30 heavy (non-hydrogen) atoms. The van der Waals surface area contributed by atoms with Crippen molar-refractivity contribution in [1.82, 2.24) is 0 Å². The highest BCUT2D eigenvalue weighted by atomic mass is 16.5. The van der Waals surface area contributed by atoms with E-state index in [4.69, 9.17) is 18.9 Å². The molecule has 158 valence electrons. The highest BCUT2D eigenvalue weighted by Gasteiger charge is 2.29. The average molecular weight is 411 g/mol. The number of carbonyl (C=O) groups excluding carboxylic acids is 2. The van der Waals surface area contributed by atoms with Crippen molar-refractivity contribution in [3.8, 4) is 17.2 Å². The van der Waals surface area contributed by atoms with Crippen molar-refractivity contribution in [2.45, 2.75) is 19.4 Å². The minimum absolute atomic E-state index is 0.245. The van der Waals surface area contributed by atoms with Crippen LogP contribution in [0.4, 0.5) is 5.69 Å². The second-order valence-corrected chi connectivity index (χ2v) is 6.73. The van der Waals surface area contributed by atoms with Crippen LogP contribution in [0, 0.1) is 0 Å². The smallest absolute Gasteiger partial charge is 0.331 e. The van der Waals surface area contributed by atoms with Crippen molar-refractivity contribution >= 4 is 23.6 Å². The Labute approximate surface area is 175 Å². The van der Waals surface area contributed by atoms with Gasteiger partial charge in [-0.2, -0.15) is 0 Å². The van der Waals surface area contributed by atoms with E-state index >= 15 is 0 Å². The highest BCUT2D eigenvalue weighted by Crippen LogP contribution is 2.35. The normalized spacial score (nSPS) is 13.7. The molecule has 0 saturated carbocycles. The number of ether oxygens (including phenoxy) is 4. The lowest BCUT2D eigenvalue weighted by Gasteiger charge is -2.21. The molecule has 0 bridgehead atoms. The van der Waals surface area contributed by atoms with Crippen LogP contribution >= 0.6 is 0 Å². The van der Waals surface area contributed by atoms with E-state index < -0.39 is 12.1 Å². The number of hydrogen-bond donors (Lipinski definition) is 0. The molecule has 0 saturated heterocycles. The Balaban J connectivity index is 1.68. The lowest BCUT2D eigenvalue weighted by Crippen LogP contribution is -2.38. The van der Waals surface area contributed by atoms with Crippen LogP contribution in [0.2, 0.25) is 0 Å². The zero-order valence-electron chi connectivity index (χ0n) is 17.5. The number of anilines is 1. The first kappa shape index (κ1) is 21.2. The van der Waals surface area contributed by atoms with E-state index in [-0.39, 0.29) is 5.91 Å². The number of rotatable bonds is 7. The molecule has 1 atom stereocenters. The van der Waals surface area contributed by atoms with Crippen molar-refractivity contribution in [2.75, 3.05) is 32.8 Å². The van der Waals surface area contributed by atoms with Crippen LogP contribution in [0.25, 0.3) is 6.08 Å². The van der Waals surface area contributed by atoms with Gasteiger partial charge in [0.05, 0.1) is 21.3 Å². The summed E-state index contributed by atoms with van der Waals surface area (Å²) in [5.74, 6) is 0.654. The maximum absolute atomic E-state index is 12.7. The van der Waals surface area contributed by atoms with Gasteiger partial charge in [0.25, 0.3) is 5.91 Å². The summed E-state index contributed by atoms with van der Waals surface area (Å²) in [4.78, 5) is 26.7. The molecule has 1 heterocycles. The largest absolute Gasteiger partial charge is 0.496 e. The van der Waals surface area contributed by atoms with Gasteiger partial charge in [0, 0.05) is 29.9 Å². The molecule has 2 aromatic rings. The van der Waals surface area contributed by atoms with Crippen molar-refractivity contribution in [2.24, 2.45) is 0 Å². The first-order chi connectivity index (χ1) is 14.5. The standard InChI is InChI=1S/C23H25NO6/c1-15(23(26)24-12-11-16-7-5-6-8-18(16)24)30-22(25)10-9-17-13-20(28-3)21(29-4)14-19(17)27-2/h5-10,13-15H,11-12H2,1-4H3/b10-9+. The lowest BCUT2D eigenvalue weighted by atomic mass is 10.1. The molecule has 1 amide bonds. The van der Waals surface area contributed by atoms with E-state index in [1.165, 1.54) is 27.4 Å². The molecular formula is C23H25NO6. The van der Waals surface area contributed by atoms with Gasteiger partial charge in [0.1, 0.15) is 5.75 Å². The summed E-state index contributed by atoms with van der Waals surface area (Å²) in [5, 5.41) is 0. The van der Waals surface area contributed by atoms with Gasteiger partial charge < -0.3 is 23.8 Å². The van der Waals surface area contributed by atoms with Gasteiger partial charge in [0.15, 0.2) is 17.6 Å². The maximum atomic E-state index is 12.7. The topological polar surface area (TPSA) is 74.3 Å². The van der Waals surface area contributed by atoms with Crippen LogP contribution in [0.1, 0.15) is 18.1 Å². The van der Waals surface area contributed by atoms with E-state index in [0.717, 1.165) is 17.7 Å².